The molecule has 6 nitrogen and oxygen atoms in total. The van der Waals surface area contributed by atoms with Gasteiger partial charge in [-0.15, -0.1) is 0 Å². The molecule has 0 aliphatic rings. The molecular formula is C22H21NO5. The highest BCUT2D eigenvalue weighted by atomic mass is 16.5. The summed E-state index contributed by atoms with van der Waals surface area (Å²) in [5.41, 5.74) is 1.39. The molecule has 0 heterocycles. The number of hydrogen-bond donors (Lipinski definition) is 1. The first-order chi connectivity index (χ1) is 13.6. The molecule has 0 aliphatic heterocycles. The Bertz CT molecular complexity index is 994. The van der Waals surface area contributed by atoms with Gasteiger partial charge in [0.15, 0.2) is 18.1 Å². The molecule has 6 heteroatoms. The zero-order valence-corrected chi connectivity index (χ0v) is 15.7. The van der Waals surface area contributed by atoms with Crippen LogP contribution in [0.4, 0.5) is 5.69 Å². The van der Waals surface area contributed by atoms with Crippen molar-refractivity contribution in [3.05, 3.63) is 66.2 Å². The number of anilines is 1. The normalized spacial score (nSPS) is 10.4. The molecule has 28 heavy (non-hydrogen) atoms. The van der Waals surface area contributed by atoms with Crippen molar-refractivity contribution >= 4 is 28.3 Å². The first-order valence-electron chi connectivity index (χ1n) is 8.75. The van der Waals surface area contributed by atoms with Gasteiger partial charge in [-0.05, 0) is 28.5 Å². The SMILES string of the molecule is COc1ccc(NC(=O)COC(=O)Cc2cccc3ccccc23)cc1OC. The lowest BCUT2D eigenvalue weighted by Crippen LogP contribution is -2.21. The van der Waals surface area contributed by atoms with Gasteiger partial charge in [-0.1, -0.05) is 42.5 Å². The molecule has 0 saturated carbocycles. The fourth-order valence-electron chi connectivity index (χ4n) is 2.91. The van der Waals surface area contributed by atoms with Crippen molar-refractivity contribution in [2.45, 2.75) is 6.42 Å². The second kappa shape index (κ2) is 8.90. The van der Waals surface area contributed by atoms with E-state index in [2.05, 4.69) is 5.32 Å². The highest BCUT2D eigenvalue weighted by molar-refractivity contribution is 5.94. The van der Waals surface area contributed by atoms with E-state index in [1.807, 2.05) is 42.5 Å². The van der Waals surface area contributed by atoms with Crippen LogP contribution < -0.4 is 14.8 Å². The van der Waals surface area contributed by atoms with Crippen LogP contribution in [0.2, 0.25) is 0 Å². The lowest BCUT2D eigenvalue weighted by atomic mass is 10.0. The van der Waals surface area contributed by atoms with E-state index in [-0.39, 0.29) is 13.0 Å². The highest BCUT2D eigenvalue weighted by Crippen LogP contribution is 2.29. The highest BCUT2D eigenvalue weighted by Gasteiger charge is 2.12. The van der Waals surface area contributed by atoms with Gasteiger partial charge in [-0.25, -0.2) is 0 Å². The van der Waals surface area contributed by atoms with E-state index in [1.165, 1.54) is 14.2 Å². The predicted octanol–water partition coefficient (Wildman–Crippen LogP) is 3.58. The van der Waals surface area contributed by atoms with Gasteiger partial charge in [0.05, 0.1) is 20.6 Å². The van der Waals surface area contributed by atoms with E-state index in [0.29, 0.717) is 17.2 Å². The van der Waals surface area contributed by atoms with Crippen LogP contribution in [0.1, 0.15) is 5.56 Å². The lowest BCUT2D eigenvalue weighted by Gasteiger charge is -2.11. The largest absolute Gasteiger partial charge is 0.493 e. The summed E-state index contributed by atoms with van der Waals surface area (Å²) in [4.78, 5) is 24.2. The first-order valence-corrected chi connectivity index (χ1v) is 8.75. The summed E-state index contributed by atoms with van der Waals surface area (Å²) >= 11 is 0. The minimum absolute atomic E-state index is 0.102. The molecule has 0 spiro atoms. The van der Waals surface area contributed by atoms with E-state index in [1.54, 1.807) is 18.2 Å². The molecule has 1 N–H and O–H groups in total. The van der Waals surface area contributed by atoms with Gasteiger partial charge in [-0.3, -0.25) is 9.59 Å². The van der Waals surface area contributed by atoms with Crippen molar-refractivity contribution in [3.63, 3.8) is 0 Å². The fourth-order valence-corrected chi connectivity index (χ4v) is 2.91. The Balaban J connectivity index is 1.56. The molecule has 1 amide bonds. The van der Waals surface area contributed by atoms with Gasteiger partial charge in [0.2, 0.25) is 0 Å². The molecule has 0 radical (unpaired) electrons. The molecule has 144 valence electrons. The molecule has 0 bridgehead atoms. The monoisotopic (exact) mass is 379 g/mol. The molecule has 3 rings (SSSR count). The quantitative estimate of drug-likeness (QED) is 0.635. The first kappa shape index (κ1) is 19.2. The van der Waals surface area contributed by atoms with Gasteiger partial charge >= 0.3 is 5.97 Å². The van der Waals surface area contributed by atoms with Gasteiger partial charge in [0, 0.05) is 11.8 Å². The number of nitrogens with one attached hydrogen (secondary N) is 1. The molecule has 0 fully saturated rings. The van der Waals surface area contributed by atoms with Crippen molar-refractivity contribution in [1.29, 1.82) is 0 Å². The molecule has 3 aromatic rings. The number of rotatable bonds is 7. The molecule has 0 unspecified atom stereocenters. The predicted molar refractivity (Wildman–Crippen MR) is 107 cm³/mol. The maximum absolute atomic E-state index is 12.2. The van der Waals surface area contributed by atoms with E-state index in [4.69, 9.17) is 14.2 Å². The molecule has 0 aromatic heterocycles. The van der Waals surface area contributed by atoms with Gasteiger partial charge in [-0.2, -0.15) is 0 Å². The number of fused-ring (bicyclic) bond motifs is 1. The fraction of sp³-hybridized carbons (Fsp3) is 0.182. The third-order valence-electron chi connectivity index (χ3n) is 4.25. The van der Waals surface area contributed by atoms with Gasteiger partial charge < -0.3 is 19.5 Å². The Morgan fingerprint density at radius 3 is 2.43 bits per heavy atom. The van der Waals surface area contributed by atoms with E-state index < -0.39 is 11.9 Å². The number of esters is 1. The summed E-state index contributed by atoms with van der Waals surface area (Å²) in [5.74, 6) is 0.160. The summed E-state index contributed by atoms with van der Waals surface area (Å²) in [6, 6.07) is 18.6. The van der Waals surface area contributed by atoms with Crippen LogP contribution in [-0.4, -0.2) is 32.7 Å². The minimum atomic E-state index is -0.459. The van der Waals surface area contributed by atoms with Crippen LogP contribution in [-0.2, 0) is 20.7 Å². The standard InChI is InChI=1S/C22H21NO5/c1-26-19-11-10-17(13-20(19)27-2)23-21(24)14-28-22(25)12-16-8-5-7-15-6-3-4-9-18(15)16/h3-11,13H,12,14H2,1-2H3,(H,23,24). The smallest absolute Gasteiger partial charge is 0.310 e. The van der Waals surface area contributed by atoms with Crippen LogP contribution in [0.3, 0.4) is 0 Å². The number of carbonyl (C=O) groups is 2. The Labute approximate surface area is 163 Å². The van der Waals surface area contributed by atoms with Crippen molar-refractivity contribution in [2.75, 3.05) is 26.1 Å². The lowest BCUT2D eigenvalue weighted by molar-refractivity contribution is -0.146. The summed E-state index contributed by atoms with van der Waals surface area (Å²) in [5, 5.41) is 4.72. The summed E-state index contributed by atoms with van der Waals surface area (Å²) in [7, 11) is 3.05. The molecular weight excluding hydrogens is 358 g/mol. The number of amides is 1. The van der Waals surface area contributed by atoms with Gasteiger partial charge in [0.1, 0.15) is 0 Å². The molecule has 0 atom stereocenters. The number of hydrogen-bond acceptors (Lipinski definition) is 5. The van der Waals surface area contributed by atoms with E-state index >= 15 is 0 Å². The van der Waals surface area contributed by atoms with Crippen LogP contribution in [0.25, 0.3) is 10.8 Å². The van der Waals surface area contributed by atoms with E-state index in [9.17, 15) is 9.59 Å². The number of ether oxygens (including phenoxy) is 3. The van der Waals surface area contributed by atoms with Crippen molar-refractivity contribution in [1.82, 2.24) is 0 Å². The van der Waals surface area contributed by atoms with Crippen molar-refractivity contribution in [3.8, 4) is 11.5 Å². The maximum Gasteiger partial charge on any atom is 0.310 e. The Morgan fingerprint density at radius 1 is 0.893 bits per heavy atom. The van der Waals surface area contributed by atoms with Crippen LogP contribution >= 0.6 is 0 Å². The number of benzene rings is 3. The van der Waals surface area contributed by atoms with Crippen LogP contribution in [0.5, 0.6) is 11.5 Å². The Hall–Kier alpha value is -3.54. The number of carbonyl (C=O) groups excluding carboxylic acids is 2. The van der Waals surface area contributed by atoms with Crippen molar-refractivity contribution in [2.24, 2.45) is 0 Å². The summed E-state index contributed by atoms with van der Waals surface area (Å²) < 4.78 is 15.5. The minimum Gasteiger partial charge on any atom is -0.493 e. The Kier molecular flexibility index (Phi) is 6.11. The average Bonchev–Trinajstić information content (AvgIpc) is 2.72. The molecule has 3 aromatic carbocycles. The average molecular weight is 379 g/mol. The van der Waals surface area contributed by atoms with Crippen LogP contribution in [0.15, 0.2) is 60.7 Å². The Morgan fingerprint density at radius 2 is 1.64 bits per heavy atom. The maximum atomic E-state index is 12.2. The molecule has 0 aliphatic carbocycles. The summed E-state index contributed by atoms with van der Waals surface area (Å²) in [6.45, 7) is -0.363. The topological polar surface area (TPSA) is 73.9 Å². The zero-order valence-electron chi connectivity index (χ0n) is 15.7. The summed E-state index contributed by atoms with van der Waals surface area (Å²) in [6.07, 6.45) is 0.102. The molecule has 0 saturated heterocycles. The number of methoxy groups -OCH3 is 2. The van der Waals surface area contributed by atoms with Gasteiger partial charge in [0.25, 0.3) is 5.91 Å². The zero-order chi connectivity index (χ0) is 19.9. The second-order valence-electron chi connectivity index (χ2n) is 6.09. The third-order valence-corrected chi connectivity index (χ3v) is 4.25. The van der Waals surface area contributed by atoms with Crippen LogP contribution in [0, 0.1) is 0 Å². The van der Waals surface area contributed by atoms with Crippen molar-refractivity contribution < 1.29 is 23.8 Å². The second-order valence-corrected chi connectivity index (χ2v) is 6.09. The van der Waals surface area contributed by atoms with E-state index in [0.717, 1.165) is 16.3 Å². The third kappa shape index (κ3) is 4.59.